The molecule has 0 unspecified atom stereocenters. The van der Waals surface area contributed by atoms with Crippen molar-refractivity contribution in [3.05, 3.63) is 34.9 Å². The second-order valence-electron chi connectivity index (χ2n) is 4.99. The molecule has 2 N–H and O–H groups in total. The van der Waals surface area contributed by atoms with Gasteiger partial charge < -0.3 is 20.1 Å². The summed E-state index contributed by atoms with van der Waals surface area (Å²) in [4.78, 5) is 22.9. The van der Waals surface area contributed by atoms with Gasteiger partial charge in [0.25, 0.3) is 0 Å². The summed E-state index contributed by atoms with van der Waals surface area (Å²) in [6.45, 7) is 0.699. The lowest BCUT2D eigenvalue weighted by Crippen LogP contribution is -2.35. The summed E-state index contributed by atoms with van der Waals surface area (Å²) in [6.07, 6.45) is 1.74. The topological polar surface area (TPSA) is 76.7 Å². The largest absolute Gasteiger partial charge is 0.468 e. The molecule has 0 aliphatic rings. The first-order valence-electron chi connectivity index (χ1n) is 7.47. The Bertz CT molecular complexity index is 493. The van der Waals surface area contributed by atoms with E-state index >= 15 is 0 Å². The highest BCUT2D eigenvalue weighted by Gasteiger charge is 2.15. The van der Waals surface area contributed by atoms with Crippen molar-refractivity contribution in [3.8, 4) is 0 Å². The number of unbranched alkanes of at least 4 members (excludes halogenated alkanes) is 1. The van der Waals surface area contributed by atoms with Crippen LogP contribution in [0.2, 0.25) is 5.02 Å². The molecule has 1 amide bonds. The Balaban J connectivity index is 2.12. The zero-order valence-corrected chi connectivity index (χ0v) is 14.2. The summed E-state index contributed by atoms with van der Waals surface area (Å²) in [6, 6.07) is 6.80. The first-order chi connectivity index (χ1) is 11.1. The summed E-state index contributed by atoms with van der Waals surface area (Å²) >= 11 is 5.78. The van der Waals surface area contributed by atoms with Crippen molar-refractivity contribution in [2.75, 3.05) is 20.7 Å². The van der Waals surface area contributed by atoms with Crippen LogP contribution in [0.3, 0.4) is 0 Å². The molecule has 1 aromatic rings. The number of hydrogen-bond donors (Lipinski definition) is 2. The lowest BCUT2D eigenvalue weighted by molar-refractivity contribution is -0.143. The number of benzene rings is 1. The number of ether oxygens (including phenoxy) is 2. The number of hydrogen-bond acceptors (Lipinski definition) is 5. The molecule has 1 rings (SSSR count). The van der Waals surface area contributed by atoms with Crippen LogP contribution in [-0.2, 0) is 20.9 Å². The molecule has 0 aromatic heterocycles. The van der Waals surface area contributed by atoms with Crippen LogP contribution in [0.4, 0.5) is 4.79 Å². The molecule has 0 saturated heterocycles. The van der Waals surface area contributed by atoms with Gasteiger partial charge in [-0.2, -0.15) is 0 Å². The molecular weight excluding hydrogens is 320 g/mol. The van der Waals surface area contributed by atoms with Gasteiger partial charge in [-0.3, -0.25) is 4.79 Å². The van der Waals surface area contributed by atoms with Crippen molar-refractivity contribution in [1.29, 1.82) is 0 Å². The van der Waals surface area contributed by atoms with Gasteiger partial charge in [-0.05, 0) is 44.0 Å². The van der Waals surface area contributed by atoms with Crippen molar-refractivity contribution in [2.24, 2.45) is 0 Å². The number of halogens is 1. The van der Waals surface area contributed by atoms with Gasteiger partial charge in [0.15, 0.2) is 0 Å². The van der Waals surface area contributed by atoms with Crippen LogP contribution in [0.5, 0.6) is 0 Å². The van der Waals surface area contributed by atoms with Crippen molar-refractivity contribution in [1.82, 2.24) is 10.6 Å². The van der Waals surface area contributed by atoms with E-state index in [2.05, 4.69) is 15.4 Å². The molecule has 0 spiro atoms. The highest BCUT2D eigenvalue weighted by Crippen LogP contribution is 2.10. The molecule has 0 aliphatic heterocycles. The van der Waals surface area contributed by atoms with Crippen LogP contribution in [-0.4, -0.2) is 38.8 Å². The second kappa shape index (κ2) is 10.9. The van der Waals surface area contributed by atoms with Crippen LogP contribution in [0.1, 0.15) is 24.8 Å². The number of carbonyl (C=O) groups excluding carboxylic acids is 2. The van der Waals surface area contributed by atoms with E-state index in [1.54, 1.807) is 31.3 Å². The highest BCUT2D eigenvalue weighted by atomic mass is 35.5. The molecule has 0 bridgehead atoms. The third-order valence-corrected chi connectivity index (χ3v) is 3.56. The van der Waals surface area contributed by atoms with E-state index in [0.717, 1.165) is 18.4 Å². The molecule has 0 heterocycles. The summed E-state index contributed by atoms with van der Waals surface area (Å²) in [5.74, 6) is -0.275. The Labute approximate surface area is 141 Å². The lowest BCUT2D eigenvalue weighted by Gasteiger charge is -2.13. The zero-order valence-electron chi connectivity index (χ0n) is 13.4. The van der Waals surface area contributed by atoms with Crippen molar-refractivity contribution >= 4 is 23.7 Å². The van der Waals surface area contributed by atoms with Crippen molar-refractivity contribution in [3.63, 3.8) is 0 Å². The predicted molar refractivity (Wildman–Crippen MR) is 88.4 cm³/mol. The third kappa shape index (κ3) is 7.85. The highest BCUT2D eigenvalue weighted by molar-refractivity contribution is 6.30. The molecule has 23 heavy (non-hydrogen) atoms. The number of rotatable bonds is 9. The van der Waals surface area contributed by atoms with Gasteiger partial charge in [0.05, 0.1) is 7.11 Å². The fraction of sp³-hybridized carbons (Fsp3) is 0.500. The molecular formula is C16H23ClN2O4. The predicted octanol–water partition coefficient (Wildman–Crippen LogP) is 2.50. The number of amides is 1. The summed E-state index contributed by atoms with van der Waals surface area (Å²) in [7, 11) is 3.08. The zero-order chi connectivity index (χ0) is 17.1. The Morgan fingerprint density at radius 3 is 2.52 bits per heavy atom. The average Bonchev–Trinajstić information content (AvgIpc) is 2.57. The third-order valence-electron chi connectivity index (χ3n) is 3.31. The van der Waals surface area contributed by atoms with Gasteiger partial charge in [-0.1, -0.05) is 23.7 Å². The van der Waals surface area contributed by atoms with Crippen LogP contribution >= 0.6 is 11.6 Å². The van der Waals surface area contributed by atoms with Gasteiger partial charge in [-0.25, -0.2) is 4.79 Å². The SMILES string of the molecule is CN[C@@H](CCCCNC(=O)OCc1ccc(Cl)cc1)C(=O)OC. The van der Waals surface area contributed by atoms with Crippen molar-refractivity contribution in [2.45, 2.75) is 31.9 Å². The molecule has 1 atom stereocenters. The van der Waals surface area contributed by atoms with Gasteiger partial charge >= 0.3 is 12.1 Å². The molecule has 1 aromatic carbocycles. The Hall–Kier alpha value is -1.79. The van der Waals surface area contributed by atoms with E-state index in [1.807, 2.05) is 0 Å². The maximum atomic E-state index is 11.5. The maximum absolute atomic E-state index is 11.5. The van der Waals surface area contributed by atoms with E-state index in [1.165, 1.54) is 7.11 Å². The van der Waals surface area contributed by atoms with Gasteiger partial charge in [-0.15, -0.1) is 0 Å². The molecule has 0 aliphatic carbocycles. The smallest absolute Gasteiger partial charge is 0.407 e. The minimum atomic E-state index is -0.460. The minimum Gasteiger partial charge on any atom is -0.468 e. The average molecular weight is 343 g/mol. The normalized spacial score (nSPS) is 11.6. The number of methoxy groups -OCH3 is 1. The van der Waals surface area contributed by atoms with Crippen LogP contribution < -0.4 is 10.6 Å². The Morgan fingerprint density at radius 2 is 1.91 bits per heavy atom. The summed E-state index contributed by atoms with van der Waals surface area (Å²) in [5.41, 5.74) is 0.875. The van der Waals surface area contributed by atoms with Crippen molar-refractivity contribution < 1.29 is 19.1 Å². The number of alkyl carbamates (subject to hydrolysis) is 1. The van der Waals surface area contributed by atoms with Crippen LogP contribution in [0, 0.1) is 0 Å². The Kier molecular flexibility index (Phi) is 9.09. The first kappa shape index (κ1) is 19.3. The van der Waals surface area contributed by atoms with Gasteiger partial charge in [0, 0.05) is 11.6 Å². The maximum Gasteiger partial charge on any atom is 0.407 e. The lowest BCUT2D eigenvalue weighted by atomic mass is 10.1. The van der Waals surface area contributed by atoms with E-state index in [0.29, 0.717) is 18.0 Å². The Morgan fingerprint density at radius 1 is 1.22 bits per heavy atom. The van der Waals surface area contributed by atoms with Gasteiger partial charge in [0.2, 0.25) is 0 Å². The summed E-state index contributed by atoms with van der Waals surface area (Å²) in [5, 5.41) is 6.22. The fourth-order valence-electron chi connectivity index (χ4n) is 1.97. The standard InChI is InChI=1S/C16H23ClN2O4/c1-18-14(15(20)22-2)5-3-4-10-19-16(21)23-11-12-6-8-13(17)9-7-12/h6-9,14,18H,3-5,10-11H2,1-2H3,(H,19,21)/t14-/m0/s1. The number of esters is 1. The molecule has 0 saturated carbocycles. The number of nitrogens with one attached hydrogen (secondary N) is 2. The van der Waals surface area contributed by atoms with Crippen LogP contribution in [0.15, 0.2) is 24.3 Å². The van der Waals surface area contributed by atoms with Gasteiger partial charge in [0.1, 0.15) is 12.6 Å². The number of likely N-dealkylation sites (N-methyl/N-ethyl adjacent to an activating group) is 1. The van der Waals surface area contributed by atoms with E-state index in [9.17, 15) is 9.59 Å². The molecule has 0 fully saturated rings. The minimum absolute atomic E-state index is 0.202. The fourth-order valence-corrected chi connectivity index (χ4v) is 2.09. The molecule has 6 nitrogen and oxygen atoms in total. The van der Waals surface area contributed by atoms with E-state index < -0.39 is 6.09 Å². The molecule has 0 radical (unpaired) electrons. The monoisotopic (exact) mass is 342 g/mol. The molecule has 7 heteroatoms. The number of carbonyl (C=O) groups is 2. The molecule has 128 valence electrons. The second-order valence-corrected chi connectivity index (χ2v) is 5.43. The van der Waals surface area contributed by atoms with Crippen LogP contribution in [0.25, 0.3) is 0 Å². The van der Waals surface area contributed by atoms with E-state index in [-0.39, 0.29) is 18.6 Å². The summed E-state index contributed by atoms with van der Waals surface area (Å²) < 4.78 is 9.77. The first-order valence-corrected chi connectivity index (χ1v) is 7.84. The quantitative estimate of drug-likeness (QED) is 0.532. The van der Waals surface area contributed by atoms with E-state index in [4.69, 9.17) is 16.3 Å².